The Labute approximate surface area is 177 Å². The van der Waals surface area contributed by atoms with E-state index in [9.17, 15) is 18.3 Å². The fraction of sp³-hybridized carbons (Fsp3) is 0.474. The molecule has 0 saturated carbocycles. The topological polar surface area (TPSA) is 81.8 Å². The van der Waals surface area contributed by atoms with E-state index >= 15 is 0 Å². The van der Waals surface area contributed by atoms with E-state index in [-0.39, 0.29) is 6.61 Å². The molecule has 0 amide bonds. The molecule has 1 aromatic carbocycles. The van der Waals surface area contributed by atoms with E-state index < -0.39 is 12.1 Å². The second-order valence-corrected chi connectivity index (χ2v) is 7.39. The van der Waals surface area contributed by atoms with Gasteiger partial charge in [-0.3, -0.25) is 4.90 Å². The number of aliphatic hydroxyl groups is 1. The molecule has 0 radical (unpaired) electrons. The van der Waals surface area contributed by atoms with Crippen LogP contribution in [-0.2, 0) is 11.3 Å². The third kappa shape index (κ3) is 7.28. The van der Waals surface area contributed by atoms with E-state index in [2.05, 4.69) is 28.1 Å². The van der Waals surface area contributed by atoms with Crippen LogP contribution in [0.15, 0.2) is 36.7 Å². The lowest BCUT2D eigenvalue weighted by Crippen LogP contribution is -2.51. The van der Waals surface area contributed by atoms with Gasteiger partial charge in [0.1, 0.15) is 0 Å². The van der Waals surface area contributed by atoms with E-state index in [1.54, 1.807) is 0 Å². The zero-order chi connectivity index (χ0) is 22.3. The van der Waals surface area contributed by atoms with Crippen LogP contribution in [0.25, 0.3) is 5.69 Å². The summed E-state index contributed by atoms with van der Waals surface area (Å²) in [6.07, 6.45) is -0.278. The minimum Gasteiger partial charge on any atom is -0.475 e. The summed E-state index contributed by atoms with van der Waals surface area (Å²) >= 11 is 6.04. The van der Waals surface area contributed by atoms with Crippen LogP contribution in [0.5, 0.6) is 0 Å². The molecule has 2 heterocycles. The van der Waals surface area contributed by atoms with Crippen LogP contribution < -0.4 is 0 Å². The maximum Gasteiger partial charge on any atom is 0.490 e. The highest BCUT2D eigenvalue weighted by atomic mass is 35.5. The first kappa shape index (κ1) is 24.1. The van der Waals surface area contributed by atoms with E-state index in [0.29, 0.717) is 11.1 Å². The largest absolute Gasteiger partial charge is 0.490 e. The van der Waals surface area contributed by atoms with Crippen LogP contribution in [0, 0.1) is 0 Å². The predicted molar refractivity (Wildman–Crippen MR) is 106 cm³/mol. The molecule has 1 aliphatic heterocycles. The zero-order valence-electron chi connectivity index (χ0n) is 16.4. The summed E-state index contributed by atoms with van der Waals surface area (Å²) < 4.78 is 33.6. The number of piperazine rings is 1. The van der Waals surface area contributed by atoms with Gasteiger partial charge < -0.3 is 15.1 Å². The average molecular weight is 449 g/mol. The Kier molecular flexibility index (Phi) is 8.65. The van der Waals surface area contributed by atoms with Crippen molar-refractivity contribution in [2.24, 2.45) is 0 Å². The Bertz CT molecular complexity index is 831. The molecule has 166 valence electrons. The van der Waals surface area contributed by atoms with E-state index in [0.717, 1.165) is 38.3 Å². The van der Waals surface area contributed by atoms with Crippen molar-refractivity contribution in [3.63, 3.8) is 0 Å². The summed E-state index contributed by atoms with van der Waals surface area (Å²) in [5.74, 6) is -2.76. The summed E-state index contributed by atoms with van der Waals surface area (Å²) in [4.78, 5) is 13.7. The molecule has 1 aliphatic rings. The molecular weight excluding hydrogens is 425 g/mol. The van der Waals surface area contributed by atoms with Crippen LogP contribution in [0.2, 0.25) is 5.02 Å². The fourth-order valence-corrected chi connectivity index (χ4v) is 3.26. The number of likely N-dealkylation sites (N-methyl/N-ethyl adjacent to an activating group) is 1. The molecule has 3 rings (SSSR count). The van der Waals surface area contributed by atoms with Crippen LogP contribution in [0.1, 0.15) is 12.0 Å². The highest BCUT2D eigenvalue weighted by Gasteiger charge is 2.38. The molecule has 2 N–H and O–H groups in total. The van der Waals surface area contributed by atoms with Gasteiger partial charge in [0, 0.05) is 55.6 Å². The summed E-state index contributed by atoms with van der Waals surface area (Å²) in [5.41, 5.74) is 2.16. The van der Waals surface area contributed by atoms with Gasteiger partial charge in [-0.25, -0.2) is 9.48 Å². The molecule has 30 heavy (non-hydrogen) atoms. The Morgan fingerprint density at radius 3 is 2.63 bits per heavy atom. The lowest BCUT2D eigenvalue weighted by atomic mass is 10.1. The Morgan fingerprint density at radius 2 is 2.03 bits per heavy atom. The van der Waals surface area contributed by atoms with E-state index in [1.807, 2.05) is 35.1 Å². The summed E-state index contributed by atoms with van der Waals surface area (Å²) in [7, 11) is 2.13. The molecule has 1 aromatic heterocycles. The second kappa shape index (κ2) is 10.8. The molecule has 7 nitrogen and oxygen atoms in total. The second-order valence-electron chi connectivity index (χ2n) is 6.96. The number of benzene rings is 1. The van der Waals surface area contributed by atoms with Gasteiger partial charge >= 0.3 is 12.1 Å². The smallest absolute Gasteiger partial charge is 0.475 e. The van der Waals surface area contributed by atoms with Crippen molar-refractivity contribution in [1.82, 2.24) is 19.6 Å². The van der Waals surface area contributed by atoms with Crippen molar-refractivity contribution in [2.75, 3.05) is 33.3 Å². The molecule has 11 heteroatoms. The van der Waals surface area contributed by atoms with Gasteiger partial charge in [0.05, 0.1) is 11.9 Å². The predicted octanol–water partition coefficient (Wildman–Crippen LogP) is 2.66. The highest BCUT2D eigenvalue weighted by molar-refractivity contribution is 6.30. The molecule has 0 spiro atoms. The van der Waals surface area contributed by atoms with Gasteiger partial charge in [0.15, 0.2) is 0 Å². The Balaban J connectivity index is 0.000000396. The minimum absolute atomic E-state index is 0.246. The molecule has 1 unspecified atom stereocenters. The average Bonchev–Trinajstić information content (AvgIpc) is 3.13. The Hall–Kier alpha value is -2.14. The summed E-state index contributed by atoms with van der Waals surface area (Å²) in [6.45, 7) is 4.19. The van der Waals surface area contributed by atoms with Crippen molar-refractivity contribution < 1.29 is 28.2 Å². The molecular formula is C19H24ClF3N4O3. The van der Waals surface area contributed by atoms with Gasteiger partial charge in [-0.15, -0.1) is 0 Å². The maximum atomic E-state index is 10.6. The molecule has 0 aliphatic carbocycles. The van der Waals surface area contributed by atoms with Gasteiger partial charge in [-0.1, -0.05) is 17.7 Å². The van der Waals surface area contributed by atoms with Crippen molar-refractivity contribution in [3.8, 4) is 5.69 Å². The first-order valence-corrected chi connectivity index (χ1v) is 9.61. The van der Waals surface area contributed by atoms with Gasteiger partial charge in [-0.2, -0.15) is 18.3 Å². The van der Waals surface area contributed by atoms with Crippen molar-refractivity contribution in [1.29, 1.82) is 0 Å². The SMILES string of the molecule is CN1CCN(Cc2cnn(-c3cccc(Cl)c3)c2)CC1CCO.O=C(O)C(F)(F)F. The van der Waals surface area contributed by atoms with Crippen molar-refractivity contribution >= 4 is 17.6 Å². The van der Waals surface area contributed by atoms with Crippen LogP contribution in [0.4, 0.5) is 13.2 Å². The number of aliphatic hydroxyl groups excluding tert-OH is 1. The third-order valence-electron chi connectivity index (χ3n) is 4.68. The zero-order valence-corrected chi connectivity index (χ0v) is 17.1. The molecule has 1 saturated heterocycles. The van der Waals surface area contributed by atoms with E-state index in [4.69, 9.17) is 21.5 Å². The molecule has 2 aromatic rings. The molecule has 0 bridgehead atoms. The van der Waals surface area contributed by atoms with Crippen LogP contribution in [0.3, 0.4) is 0 Å². The number of hydrogen-bond donors (Lipinski definition) is 2. The highest BCUT2D eigenvalue weighted by Crippen LogP contribution is 2.17. The lowest BCUT2D eigenvalue weighted by Gasteiger charge is -2.39. The number of rotatable bonds is 5. The van der Waals surface area contributed by atoms with Gasteiger partial charge in [-0.05, 0) is 31.7 Å². The van der Waals surface area contributed by atoms with E-state index in [1.165, 1.54) is 5.56 Å². The number of aromatic nitrogens is 2. The monoisotopic (exact) mass is 448 g/mol. The van der Waals surface area contributed by atoms with Crippen LogP contribution >= 0.6 is 11.6 Å². The lowest BCUT2D eigenvalue weighted by molar-refractivity contribution is -0.192. The molecule has 1 fully saturated rings. The van der Waals surface area contributed by atoms with Crippen molar-refractivity contribution in [2.45, 2.75) is 25.2 Å². The van der Waals surface area contributed by atoms with Crippen molar-refractivity contribution in [3.05, 3.63) is 47.2 Å². The number of halogens is 4. The normalized spacial score (nSPS) is 18.0. The third-order valence-corrected chi connectivity index (χ3v) is 4.92. The number of carboxylic acids is 1. The summed E-state index contributed by atoms with van der Waals surface area (Å²) in [5, 5.41) is 21.5. The van der Waals surface area contributed by atoms with Gasteiger partial charge in [0.25, 0.3) is 0 Å². The first-order chi connectivity index (χ1) is 14.1. The number of alkyl halides is 3. The fourth-order valence-electron chi connectivity index (χ4n) is 3.07. The number of nitrogens with zero attached hydrogens (tertiary/aromatic N) is 4. The minimum atomic E-state index is -5.08. The number of carboxylic acid groups (broad SMARTS) is 1. The maximum absolute atomic E-state index is 10.6. The van der Waals surface area contributed by atoms with Crippen LogP contribution in [-0.4, -0.2) is 81.3 Å². The van der Waals surface area contributed by atoms with Gasteiger partial charge in [0.2, 0.25) is 0 Å². The quantitative estimate of drug-likeness (QED) is 0.732. The Morgan fingerprint density at radius 1 is 1.33 bits per heavy atom. The number of hydrogen-bond acceptors (Lipinski definition) is 5. The number of carbonyl (C=O) groups is 1. The summed E-state index contributed by atoms with van der Waals surface area (Å²) in [6, 6.07) is 8.12. The molecule has 1 atom stereocenters. The number of aliphatic carboxylic acids is 1. The first-order valence-electron chi connectivity index (χ1n) is 9.23. The standard InChI is InChI=1S/C17H23ClN4O.C2HF3O2/c1-20-6-7-21(13-17(20)5-8-23)11-14-10-19-22(12-14)16-4-2-3-15(18)9-16;3-2(4,5)1(6)7/h2-4,9-10,12,17,23H,5-8,11,13H2,1H3;(H,6,7).